The highest BCUT2D eigenvalue weighted by molar-refractivity contribution is 5.89. The molecule has 0 bridgehead atoms. The van der Waals surface area contributed by atoms with Gasteiger partial charge in [-0.3, -0.25) is 9.69 Å². The second-order valence-electron chi connectivity index (χ2n) is 10.8. The highest BCUT2D eigenvalue weighted by Gasteiger charge is 2.61. The maximum atomic E-state index is 12.8. The normalized spacial score (nSPS) is 26.4. The molecule has 7 nitrogen and oxygen atoms in total. The van der Waals surface area contributed by atoms with Crippen LogP contribution in [0.2, 0.25) is 0 Å². The molecule has 210 valence electrons. The number of ether oxygens (including phenoxy) is 2. The Morgan fingerprint density at radius 1 is 1.15 bits per heavy atom. The molecule has 2 heterocycles. The van der Waals surface area contributed by atoms with Gasteiger partial charge in [0.05, 0.1) is 25.6 Å². The molecule has 2 aromatic rings. The molecular weight excluding hydrogens is 492 g/mol. The van der Waals surface area contributed by atoms with Gasteiger partial charge in [-0.05, 0) is 62.1 Å². The van der Waals surface area contributed by atoms with E-state index in [1.807, 2.05) is 32.0 Å². The minimum Gasteiger partial charge on any atom is -0.501 e. The summed E-state index contributed by atoms with van der Waals surface area (Å²) in [6.45, 7) is 9.80. The van der Waals surface area contributed by atoms with Crippen molar-refractivity contribution < 1.29 is 19.4 Å². The van der Waals surface area contributed by atoms with Crippen molar-refractivity contribution in [2.75, 3.05) is 20.8 Å². The molecule has 1 fully saturated rings. The predicted molar refractivity (Wildman–Crippen MR) is 152 cm³/mol. The van der Waals surface area contributed by atoms with Crippen molar-refractivity contribution in [2.45, 2.75) is 78.0 Å². The number of aliphatic hydroxyl groups is 1. The van der Waals surface area contributed by atoms with E-state index < -0.39 is 22.5 Å². The number of nitrogens with one attached hydrogen (secondary N) is 1. The summed E-state index contributed by atoms with van der Waals surface area (Å²) < 4.78 is 10.5. The Morgan fingerprint density at radius 2 is 1.87 bits per heavy atom. The number of hydrogen-bond donors (Lipinski definition) is 2. The van der Waals surface area contributed by atoms with Crippen LogP contribution in [0.15, 0.2) is 64.2 Å². The first kappa shape index (κ1) is 28.8. The molecule has 0 saturated carbocycles. The molecule has 1 aliphatic heterocycles. The van der Waals surface area contributed by atoms with Crippen LogP contribution in [0.3, 0.4) is 0 Å². The minimum absolute atomic E-state index is 0.0309. The molecule has 7 heteroatoms. The van der Waals surface area contributed by atoms with Crippen molar-refractivity contribution in [2.24, 2.45) is 5.41 Å². The van der Waals surface area contributed by atoms with Crippen LogP contribution >= 0.6 is 0 Å². The van der Waals surface area contributed by atoms with E-state index in [1.165, 1.54) is 18.2 Å². The number of pyridine rings is 1. The van der Waals surface area contributed by atoms with Gasteiger partial charge in [0.25, 0.3) is 5.56 Å². The third-order valence-corrected chi connectivity index (χ3v) is 8.97. The number of H-pyrrole nitrogens is 1. The van der Waals surface area contributed by atoms with E-state index in [-0.39, 0.29) is 11.6 Å². The molecule has 0 spiro atoms. The summed E-state index contributed by atoms with van der Waals surface area (Å²) in [6, 6.07) is 11.8. The fraction of sp³-hybridized carbons (Fsp3) is 0.500. The topological polar surface area (TPSA) is 91.9 Å². The molecule has 1 saturated heterocycles. The van der Waals surface area contributed by atoms with Crippen LogP contribution < -0.4 is 5.56 Å². The van der Waals surface area contributed by atoms with E-state index in [1.54, 1.807) is 13.2 Å². The summed E-state index contributed by atoms with van der Waals surface area (Å²) in [7, 11) is 2.96. The quantitative estimate of drug-likeness (QED) is 0.528. The molecule has 0 amide bonds. The van der Waals surface area contributed by atoms with Gasteiger partial charge in [0.15, 0.2) is 0 Å². The lowest BCUT2D eigenvalue weighted by Gasteiger charge is -2.61. The van der Waals surface area contributed by atoms with Gasteiger partial charge in [-0.2, -0.15) is 0 Å². The standard InChI is InChI=1S/C30H36N2O5.C2H6/c1-19-10-11-23(36-3)15-25(19)29-12-13-32(18-21-8-6-5-7-9-21)20(2)30(29,35)16-22-14-24(28(34)37-4)27(33)31-26(22)17-29;1-2/h5-9,14-15,20,35H,10-13,16-18H2,1-4H3,(H,31,33);1-2H3. The molecule has 1 aromatic carbocycles. The average molecular weight is 535 g/mol. The monoisotopic (exact) mass is 534 g/mol. The number of likely N-dealkylation sites (tertiary alicyclic amines) is 1. The van der Waals surface area contributed by atoms with Gasteiger partial charge in [-0.15, -0.1) is 0 Å². The summed E-state index contributed by atoms with van der Waals surface area (Å²) in [4.78, 5) is 30.4. The molecule has 0 radical (unpaired) electrons. The van der Waals surface area contributed by atoms with Crippen molar-refractivity contribution in [3.8, 4) is 0 Å². The van der Waals surface area contributed by atoms with E-state index in [0.717, 1.165) is 54.9 Å². The largest absolute Gasteiger partial charge is 0.501 e. The maximum absolute atomic E-state index is 12.8. The first-order chi connectivity index (χ1) is 18.7. The zero-order valence-corrected chi connectivity index (χ0v) is 24.1. The van der Waals surface area contributed by atoms with Crippen molar-refractivity contribution in [1.82, 2.24) is 9.88 Å². The third kappa shape index (κ3) is 4.98. The van der Waals surface area contributed by atoms with Crippen LogP contribution in [0, 0.1) is 5.41 Å². The Bertz CT molecular complexity index is 1330. The van der Waals surface area contributed by atoms with Crippen LogP contribution in [0.25, 0.3) is 0 Å². The number of allylic oxidation sites excluding steroid dienone is 3. The van der Waals surface area contributed by atoms with Gasteiger partial charge < -0.3 is 19.6 Å². The van der Waals surface area contributed by atoms with E-state index in [9.17, 15) is 14.7 Å². The van der Waals surface area contributed by atoms with E-state index >= 15 is 0 Å². The molecule has 3 unspecified atom stereocenters. The minimum atomic E-state index is -1.14. The number of benzene rings is 1. The zero-order valence-electron chi connectivity index (χ0n) is 24.1. The summed E-state index contributed by atoms with van der Waals surface area (Å²) in [5.41, 5.74) is 2.92. The smallest absolute Gasteiger partial charge is 0.343 e. The second-order valence-corrected chi connectivity index (χ2v) is 10.8. The Kier molecular flexibility index (Phi) is 8.52. The van der Waals surface area contributed by atoms with Crippen molar-refractivity contribution in [3.05, 3.63) is 92.1 Å². The fourth-order valence-corrected chi connectivity index (χ4v) is 6.79. The van der Waals surface area contributed by atoms with Gasteiger partial charge in [0.2, 0.25) is 0 Å². The highest BCUT2D eigenvalue weighted by Crippen LogP contribution is 2.57. The molecule has 1 aromatic heterocycles. The number of esters is 1. The third-order valence-electron chi connectivity index (χ3n) is 8.97. The van der Waals surface area contributed by atoms with Crippen LogP contribution in [-0.2, 0) is 28.9 Å². The fourth-order valence-electron chi connectivity index (χ4n) is 6.79. The lowest BCUT2D eigenvalue weighted by molar-refractivity contribution is -0.160. The number of carbonyl (C=O) groups is 1. The number of aromatic amines is 1. The SMILES string of the molecule is CC.COC(=O)c1cc2c([nH]c1=O)CC1(C3=C(C)CCC(OC)=C3)CCN(Cc3ccccc3)C(C)C1(O)C2. The first-order valence-corrected chi connectivity index (χ1v) is 14.0. The molecule has 3 aliphatic rings. The molecule has 5 rings (SSSR count). The number of hydrogen-bond acceptors (Lipinski definition) is 6. The Hall–Kier alpha value is -3.16. The van der Waals surface area contributed by atoms with Crippen molar-refractivity contribution in [1.29, 1.82) is 0 Å². The van der Waals surface area contributed by atoms with Crippen LogP contribution in [0.5, 0.6) is 0 Å². The first-order valence-electron chi connectivity index (χ1n) is 14.0. The molecule has 2 N–H and O–H groups in total. The van der Waals surface area contributed by atoms with Gasteiger partial charge >= 0.3 is 5.97 Å². The van der Waals surface area contributed by atoms with Crippen molar-refractivity contribution >= 4 is 5.97 Å². The highest BCUT2D eigenvalue weighted by atomic mass is 16.5. The molecule has 3 atom stereocenters. The van der Waals surface area contributed by atoms with Gasteiger partial charge in [0, 0.05) is 43.0 Å². The number of piperidine rings is 1. The molecule has 2 aliphatic carbocycles. The van der Waals surface area contributed by atoms with Gasteiger partial charge in [-0.1, -0.05) is 49.8 Å². The summed E-state index contributed by atoms with van der Waals surface area (Å²) in [5.74, 6) is 0.241. The van der Waals surface area contributed by atoms with Crippen LogP contribution in [-0.4, -0.2) is 53.4 Å². The van der Waals surface area contributed by atoms with Crippen LogP contribution in [0.4, 0.5) is 0 Å². The summed E-state index contributed by atoms with van der Waals surface area (Å²) >= 11 is 0. The van der Waals surface area contributed by atoms with E-state index in [0.29, 0.717) is 12.8 Å². The Morgan fingerprint density at radius 3 is 2.54 bits per heavy atom. The Labute approximate surface area is 231 Å². The van der Waals surface area contributed by atoms with Gasteiger partial charge in [0.1, 0.15) is 5.56 Å². The Balaban J connectivity index is 0.00000172. The number of rotatable bonds is 5. The summed E-state index contributed by atoms with van der Waals surface area (Å²) in [5, 5.41) is 12.8. The maximum Gasteiger partial charge on any atom is 0.343 e. The lowest BCUT2D eigenvalue weighted by atomic mass is 9.52. The van der Waals surface area contributed by atoms with E-state index in [2.05, 4.69) is 41.9 Å². The second kappa shape index (κ2) is 11.5. The number of carbonyl (C=O) groups excluding carboxylic acids is 1. The predicted octanol–water partition coefficient (Wildman–Crippen LogP) is 4.94. The number of fused-ring (bicyclic) bond motifs is 2. The number of aromatic nitrogens is 1. The number of nitrogens with zero attached hydrogens (tertiary/aromatic N) is 1. The van der Waals surface area contributed by atoms with Crippen LogP contribution in [0.1, 0.15) is 74.1 Å². The zero-order chi connectivity index (χ0) is 28.4. The molecule has 39 heavy (non-hydrogen) atoms. The number of methoxy groups -OCH3 is 2. The lowest BCUT2D eigenvalue weighted by Crippen LogP contribution is -2.69. The van der Waals surface area contributed by atoms with Crippen molar-refractivity contribution in [3.63, 3.8) is 0 Å². The molecular formula is C32H42N2O5. The summed E-state index contributed by atoms with van der Waals surface area (Å²) in [6.07, 6.45) is 5.38. The van der Waals surface area contributed by atoms with Gasteiger partial charge in [-0.25, -0.2) is 4.79 Å². The van der Waals surface area contributed by atoms with E-state index in [4.69, 9.17) is 9.47 Å². The average Bonchev–Trinajstić information content (AvgIpc) is 2.96.